The molecule has 0 aromatic heterocycles. The number of hydrogen-bond donors (Lipinski definition) is 0. The summed E-state index contributed by atoms with van der Waals surface area (Å²) in [5.74, 6) is 0.197. The van der Waals surface area contributed by atoms with E-state index in [0.29, 0.717) is 11.1 Å². The maximum absolute atomic E-state index is 12.1. The van der Waals surface area contributed by atoms with Gasteiger partial charge >= 0.3 is 5.97 Å². The summed E-state index contributed by atoms with van der Waals surface area (Å²) in [5, 5.41) is 11.1. The first-order chi connectivity index (χ1) is 12.8. The summed E-state index contributed by atoms with van der Waals surface area (Å²) in [4.78, 5) is 27.0. The number of benzene rings is 2. The second kappa shape index (κ2) is 7.41. The Labute approximate surface area is 156 Å². The lowest BCUT2D eigenvalue weighted by molar-refractivity contribution is -0.385. The maximum atomic E-state index is 12.1. The van der Waals surface area contributed by atoms with Crippen LogP contribution in [0.5, 0.6) is 5.75 Å². The van der Waals surface area contributed by atoms with Gasteiger partial charge in [0.2, 0.25) is 5.90 Å². The summed E-state index contributed by atoms with van der Waals surface area (Å²) in [7, 11) is 0. The second-order valence-electron chi connectivity index (χ2n) is 6.28. The maximum Gasteiger partial charge on any atom is 0.363 e. The topological polar surface area (TPSA) is 91.0 Å². The zero-order chi connectivity index (χ0) is 19.6. The van der Waals surface area contributed by atoms with E-state index in [1.54, 1.807) is 19.1 Å². The minimum absolute atomic E-state index is 0.0515. The molecule has 0 radical (unpaired) electrons. The third-order valence-electron chi connectivity index (χ3n) is 3.91. The number of carbonyl (C=O) groups is 1. The van der Waals surface area contributed by atoms with E-state index in [1.807, 2.05) is 38.1 Å². The molecule has 0 bridgehead atoms. The molecule has 1 aliphatic heterocycles. The Hall–Kier alpha value is -3.48. The highest BCUT2D eigenvalue weighted by Crippen LogP contribution is 2.26. The molecule has 2 aromatic carbocycles. The number of nitrogens with zero attached hydrogens (tertiary/aromatic N) is 2. The van der Waals surface area contributed by atoms with Crippen molar-refractivity contribution in [3.63, 3.8) is 0 Å². The zero-order valence-electron chi connectivity index (χ0n) is 15.1. The van der Waals surface area contributed by atoms with Crippen LogP contribution in [0.15, 0.2) is 53.2 Å². The van der Waals surface area contributed by atoms with Gasteiger partial charge in [-0.3, -0.25) is 10.1 Å². The van der Waals surface area contributed by atoms with Crippen molar-refractivity contribution in [3.05, 3.63) is 75.0 Å². The minimum atomic E-state index is -0.599. The Bertz CT molecular complexity index is 959. The smallest absolute Gasteiger partial charge is 0.363 e. The summed E-state index contributed by atoms with van der Waals surface area (Å²) in [6.45, 7) is 5.48. The standard InChI is InChI=1S/C20H18N2O5/c1-12(2)26-15-9-7-14(8-10-15)11-17-20(23)27-19(21-17)16-5-4-6-18(13(16)3)22(24)25/h4-12H,1-3H3/b17-11-. The Morgan fingerprint density at radius 2 is 1.89 bits per heavy atom. The van der Waals surface area contributed by atoms with Crippen LogP contribution in [0.4, 0.5) is 5.69 Å². The molecule has 0 unspecified atom stereocenters. The van der Waals surface area contributed by atoms with Crippen molar-refractivity contribution in [2.75, 3.05) is 0 Å². The summed E-state index contributed by atoms with van der Waals surface area (Å²) in [6.07, 6.45) is 1.67. The molecule has 27 heavy (non-hydrogen) atoms. The van der Waals surface area contributed by atoms with Gasteiger partial charge in [-0.25, -0.2) is 9.79 Å². The van der Waals surface area contributed by atoms with Crippen LogP contribution in [0.3, 0.4) is 0 Å². The van der Waals surface area contributed by atoms with Gasteiger partial charge in [-0.1, -0.05) is 18.2 Å². The second-order valence-corrected chi connectivity index (χ2v) is 6.28. The van der Waals surface area contributed by atoms with Crippen molar-refractivity contribution < 1.29 is 19.2 Å². The van der Waals surface area contributed by atoms with Crippen molar-refractivity contribution in [3.8, 4) is 5.75 Å². The predicted octanol–water partition coefficient (Wildman–Crippen LogP) is 4.03. The number of cyclic esters (lactones) is 1. The van der Waals surface area contributed by atoms with Crippen LogP contribution in [0.25, 0.3) is 6.08 Å². The molecule has 1 heterocycles. The molecule has 138 valence electrons. The first-order valence-corrected chi connectivity index (χ1v) is 8.39. The minimum Gasteiger partial charge on any atom is -0.491 e. The highest BCUT2D eigenvalue weighted by atomic mass is 16.6. The van der Waals surface area contributed by atoms with Crippen molar-refractivity contribution in [1.29, 1.82) is 0 Å². The molecular weight excluding hydrogens is 348 g/mol. The Balaban J connectivity index is 1.89. The number of ether oxygens (including phenoxy) is 2. The van der Waals surface area contributed by atoms with Gasteiger partial charge in [0.1, 0.15) is 5.75 Å². The Morgan fingerprint density at radius 1 is 1.19 bits per heavy atom. The monoisotopic (exact) mass is 366 g/mol. The van der Waals surface area contributed by atoms with Crippen molar-refractivity contribution >= 4 is 23.6 Å². The molecule has 0 spiro atoms. The van der Waals surface area contributed by atoms with Crippen LogP contribution in [-0.4, -0.2) is 22.9 Å². The number of aliphatic imine (C=N–C) groups is 1. The molecule has 7 heteroatoms. The normalized spacial score (nSPS) is 15.0. The van der Waals surface area contributed by atoms with E-state index in [1.165, 1.54) is 12.1 Å². The number of carbonyl (C=O) groups excluding carboxylic acids is 1. The molecular formula is C20H18N2O5. The first-order valence-electron chi connectivity index (χ1n) is 8.39. The lowest BCUT2D eigenvalue weighted by atomic mass is 10.1. The van der Waals surface area contributed by atoms with Crippen LogP contribution >= 0.6 is 0 Å². The van der Waals surface area contributed by atoms with Gasteiger partial charge in [0.25, 0.3) is 5.69 Å². The quantitative estimate of drug-likeness (QED) is 0.345. The number of rotatable bonds is 5. The van der Waals surface area contributed by atoms with E-state index in [9.17, 15) is 14.9 Å². The van der Waals surface area contributed by atoms with Crippen molar-refractivity contribution in [1.82, 2.24) is 0 Å². The summed E-state index contributed by atoms with van der Waals surface area (Å²) in [5.41, 5.74) is 1.66. The fourth-order valence-electron chi connectivity index (χ4n) is 2.65. The van der Waals surface area contributed by atoms with Gasteiger partial charge < -0.3 is 9.47 Å². The molecule has 0 aliphatic carbocycles. The SMILES string of the molecule is Cc1c(C2=N/C(=C\c3ccc(OC(C)C)cc3)C(=O)O2)cccc1[N+](=O)[O-]. The van der Waals surface area contributed by atoms with Gasteiger partial charge in [-0.05, 0) is 50.6 Å². The third-order valence-corrected chi connectivity index (χ3v) is 3.91. The van der Waals surface area contributed by atoms with Crippen LogP contribution < -0.4 is 4.74 Å². The average Bonchev–Trinajstić information content (AvgIpc) is 2.96. The summed E-state index contributed by atoms with van der Waals surface area (Å²) in [6, 6.07) is 11.8. The number of esters is 1. The zero-order valence-corrected chi connectivity index (χ0v) is 15.1. The Kier molecular flexibility index (Phi) is 5.03. The molecule has 3 rings (SSSR count). The van der Waals surface area contributed by atoms with E-state index < -0.39 is 10.9 Å². The lowest BCUT2D eigenvalue weighted by Gasteiger charge is -2.09. The lowest BCUT2D eigenvalue weighted by Crippen LogP contribution is -2.08. The Morgan fingerprint density at radius 3 is 2.52 bits per heavy atom. The molecule has 1 aliphatic rings. The predicted molar refractivity (Wildman–Crippen MR) is 101 cm³/mol. The summed E-state index contributed by atoms with van der Waals surface area (Å²) < 4.78 is 10.8. The number of nitro benzene ring substituents is 1. The average molecular weight is 366 g/mol. The van der Waals surface area contributed by atoms with Crippen LogP contribution in [-0.2, 0) is 9.53 Å². The molecule has 7 nitrogen and oxygen atoms in total. The molecule has 0 N–H and O–H groups in total. The van der Waals surface area contributed by atoms with Crippen LogP contribution in [0.2, 0.25) is 0 Å². The van der Waals surface area contributed by atoms with Gasteiger partial charge in [-0.2, -0.15) is 0 Å². The summed E-state index contributed by atoms with van der Waals surface area (Å²) >= 11 is 0. The molecule has 0 amide bonds. The van der Waals surface area contributed by atoms with Gasteiger partial charge in [0, 0.05) is 17.2 Å². The molecule has 0 saturated heterocycles. The molecule has 2 aromatic rings. The van der Waals surface area contributed by atoms with Crippen molar-refractivity contribution in [2.45, 2.75) is 26.9 Å². The van der Waals surface area contributed by atoms with E-state index in [0.717, 1.165) is 11.3 Å². The van der Waals surface area contributed by atoms with E-state index >= 15 is 0 Å². The fraction of sp³-hybridized carbons (Fsp3) is 0.200. The van der Waals surface area contributed by atoms with Crippen LogP contribution in [0.1, 0.15) is 30.5 Å². The molecule has 0 atom stereocenters. The van der Waals surface area contributed by atoms with Crippen molar-refractivity contribution in [2.24, 2.45) is 4.99 Å². The van der Waals surface area contributed by atoms with E-state index in [4.69, 9.17) is 9.47 Å². The van der Waals surface area contributed by atoms with E-state index in [-0.39, 0.29) is 23.4 Å². The van der Waals surface area contributed by atoms with Gasteiger partial charge in [0.05, 0.1) is 11.0 Å². The fourth-order valence-corrected chi connectivity index (χ4v) is 2.65. The first kappa shape index (κ1) is 18.3. The highest BCUT2D eigenvalue weighted by molar-refractivity contribution is 6.13. The van der Waals surface area contributed by atoms with Crippen LogP contribution in [0, 0.1) is 17.0 Å². The number of nitro groups is 1. The highest BCUT2D eigenvalue weighted by Gasteiger charge is 2.27. The molecule has 0 saturated carbocycles. The number of hydrogen-bond acceptors (Lipinski definition) is 6. The van der Waals surface area contributed by atoms with Gasteiger partial charge in [-0.15, -0.1) is 0 Å². The molecule has 0 fully saturated rings. The largest absolute Gasteiger partial charge is 0.491 e. The third kappa shape index (κ3) is 4.03. The van der Waals surface area contributed by atoms with E-state index in [2.05, 4.69) is 4.99 Å². The van der Waals surface area contributed by atoms with Gasteiger partial charge in [0.15, 0.2) is 5.70 Å².